The molecule has 228 valence electrons. The van der Waals surface area contributed by atoms with Crippen molar-refractivity contribution in [2.24, 2.45) is 0 Å². The van der Waals surface area contributed by atoms with E-state index in [1.165, 1.54) is 22.3 Å². The van der Waals surface area contributed by atoms with Gasteiger partial charge in [0.25, 0.3) is 0 Å². The van der Waals surface area contributed by atoms with Crippen molar-refractivity contribution in [3.8, 4) is 17.2 Å². The van der Waals surface area contributed by atoms with E-state index < -0.39 is 5.97 Å². The van der Waals surface area contributed by atoms with Gasteiger partial charge in [-0.2, -0.15) is 0 Å². The van der Waals surface area contributed by atoms with Gasteiger partial charge in [0.2, 0.25) is 0 Å². The molecule has 0 heterocycles. The van der Waals surface area contributed by atoms with Crippen molar-refractivity contribution in [1.29, 1.82) is 0 Å². The maximum atomic E-state index is 13.7. The smallest absolute Gasteiger partial charge is 0.347 e. The first-order chi connectivity index (χ1) is 19.5. The van der Waals surface area contributed by atoms with Crippen molar-refractivity contribution in [2.75, 3.05) is 0 Å². The lowest BCUT2D eigenvalue weighted by molar-refractivity contribution is 0.0731. The molecule has 0 bridgehead atoms. The monoisotopic (exact) mass is 570 g/mol. The van der Waals surface area contributed by atoms with Gasteiger partial charge in [-0.05, 0) is 106 Å². The summed E-state index contributed by atoms with van der Waals surface area (Å²) in [5, 5.41) is 0. The molecule has 3 rings (SSSR count). The van der Waals surface area contributed by atoms with Crippen LogP contribution in [0.1, 0.15) is 141 Å². The van der Waals surface area contributed by atoms with Crippen LogP contribution in [0.15, 0.2) is 60.7 Å². The molecule has 0 aliphatic heterocycles. The molecule has 42 heavy (non-hydrogen) atoms. The van der Waals surface area contributed by atoms with Crippen LogP contribution in [0.2, 0.25) is 0 Å². The number of esters is 1. The lowest BCUT2D eigenvalue weighted by Crippen LogP contribution is -2.21. The molecular weight excluding hydrogens is 516 g/mol. The third-order valence-electron chi connectivity index (χ3n) is 10.0. The van der Waals surface area contributed by atoms with Crippen LogP contribution in [0.25, 0.3) is 0 Å². The number of benzene rings is 3. The summed E-state index contributed by atoms with van der Waals surface area (Å²) >= 11 is 0. The van der Waals surface area contributed by atoms with E-state index in [9.17, 15) is 4.79 Å². The van der Waals surface area contributed by atoms with Gasteiger partial charge < -0.3 is 9.47 Å². The summed E-state index contributed by atoms with van der Waals surface area (Å²) in [6.45, 7) is 26.8. The summed E-state index contributed by atoms with van der Waals surface area (Å²) < 4.78 is 12.6. The van der Waals surface area contributed by atoms with E-state index in [1.807, 2.05) is 30.3 Å². The predicted octanol–water partition coefficient (Wildman–Crippen LogP) is 11.4. The number of ether oxygens (including phenoxy) is 2. The van der Waals surface area contributed by atoms with Crippen molar-refractivity contribution in [3.63, 3.8) is 0 Å². The van der Waals surface area contributed by atoms with Crippen LogP contribution in [0, 0.1) is 0 Å². The van der Waals surface area contributed by atoms with E-state index in [1.54, 1.807) is 6.07 Å². The van der Waals surface area contributed by atoms with Crippen molar-refractivity contribution in [1.82, 2.24) is 0 Å². The Kier molecular flexibility index (Phi) is 10.1. The minimum absolute atomic E-state index is 0.00234. The quantitative estimate of drug-likeness (QED) is 0.160. The Balaban J connectivity index is 2.04. The van der Waals surface area contributed by atoms with Crippen molar-refractivity contribution < 1.29 is 14.3 Å². The molecule has 3 aromatic rings. The lowest BCUT2D eigenvalue weighted by Gasteiger charge is -2.29. The van der Waals surface area contributed by atoms with E-state index in [-0.39, 0.29) is 21.7 Å². The third-order valence-corrected chi connectivity index (χ3v) is 10.0. The van der Waals surface area contributed by atoms with Crippen molar-refractivity contribution >= 4 is 5.97 Å². The largest absolute Gasteiger partial charge is 0.456 e. The van der Waals surface area contributed by atoms with Crippen LogP contribution in [-0.2, 0) is 21.7 Å². The lowest BCUT2D eigenvalue weighted by atomic mass is 9.76. The van der Waals surface area contributed by atoms with Gasteiger partial charge >= 0.3 is 5.97 Å². The Labute approximate surface area is 256 Å². The third kappa shape index (κ3) is 7.46. The highest BCUT2D eigenvalue weighted by atomic mass is 16.5. The highest BCUT2D eigenvalue weighted by molar-refractivity contribution is 5.94. The normalized spacial score (nSPS) is 12.8. The van der Waals surface area contributed by atoms with Crippen LogP contribution in [-0.4, -0.2) is 5.97 Å². The van der Waals surface area contributed by atoms with E-state index in [4.69, 9.17) is 9.47 Å². The number of hydrogen-bond donors (Lipinski definition) is 0. The van der Waals surface area contributed by atoms with Gasteiger partial charge in [-0.3, -0.25) is 0 Å². The van der Waals surface area contributed by atoms with Crippen molar-refractivity contribution in [2.45, 2.75) is 130 Å². The summed E-state index contributed by atoms with van der Waals surface area (Å²) in [5.74, 6) is 1.39. The second-order valence-electron chi connectivity index (χ2n) is 14.4. The molecule has 0 saturated carbocycles. The maximum absolute atomic E-state index is 13.7. The van der Waals surface area contributed by atoms with E-state index in [0.717, 1.165) is 31.4 Å². The first-order valence-corrected chi connectivity index (χ1v) is 15.8. The second-order valence-corrected chi connectivity index (χ2v) is 14.4. The zero-order valence-electron chi connectivity index (χ0n) is 28.3. The van der Waals surface area contributed by atoms with Crippen molar-refractivity contribution in [3.05, 3.63) is 88.5 Å². The van der Waals surface area contributed by atoms with Crippen LogP contribution in [0.4, 0.5) is 0 Å². The Morgan fingerprint density at radius 1 is 0.548 bits per heavy atom. The fourth-order valence-electron chi connectivity index (χ4n) is 4.71. The number of rotatable bonds is 12. The summed E-state index contributed by atoms with van der Waals surface area (Å²) in [4.78, 5) is 13.7. The summed E-state index contributed by atoms with van der Waals surface area (Å²) in [7, 11) is 0. The predicted molar refractivity (Wildman–Crippen MR) is 178 cm³/mol. The molecule has 0 saturated heterocycles. The zero-order chi connectivity index (χ0) is 31.5. The maximum Gasteiger partial charge on any atom is 0.347 e. The van der Waals surface area contributed by atoms with E-state index in [2.05, 4.69) is 107 Å². The number of para-hydroxylation sites is 1. The first kappa shape index (κ1) is 33.4. The van der Waals surface area contributed by atoms with E-state index >= 15 is 0 Å². The van der Waals surface area contributed by atoms with Gasteiger partial charge in [-0.25, -0.2) is 4.79 Å². The Morgan fingerprint density at radius 3 is 1.29 bits per heavy atom. The Morgan fingerprint density at radius 2 is 0.905 bits per heavy atom. The molecule has 0 amide bonds. The molecule has 0 atom stereocenters. The van der Waals surface area contributed by atoms with Gasteiger partial charge in [0.1, 0.15) is 22.8 Å². The molecule has 0 unspecified atom stereocenters. The molecule has 0 aliphatic carbocycles. The highest BCUT2D eigenvalue weighted by Crippen LogP contribution is 2.39. The minimum Gasteiger partial charge on any atom is -0.456 e. The average Bonchev–Trinajstić information content (AvgIpc) is 2.96. The molecule has 3 heteroatoms. The Bertz CT molecular complexity index is 1320. The Hall–Kier alpha value is -3.07. The van der Waals surface area contributed by atoms with Gasteiger partial charge in [0.15, 0.2) is 0 Å². The number of hydrogen-bond acceptors (Lipinski definition) is 3. The summed E-state index contributed by atoms with van der Waals surface area (Å²) in [5.41, 5.74) is 5.16. The molecule has 0 N–H and O–H groups in total. The zero-order valence-corrected chi connectivity index (χ0v) is 28.3. The summed E-state index contributed by atoms with van der Waals surface area (Å²) in [6.07, 6.45) is 3.99. The topological polar surface area (TPSA) is 35.5 Å². The molecule has 3 aromatic carbocycles. The van der Waals surface area contributed by atoms with Gasteiger partial charge in [0.05, 0.1) is 0 Å². The number of carbonyl (C=O) groups is 1. The molecule has 0 fully saturated rings. The number of carbonyl (C=O) groups excluding carboxylic acids is 1. The molecule has 3 nitrogen and oxygen atoms in total. The molecule has 0 aliphatic rings. The first-order valence-electron chi connectivity index (χ1n) is 15.8. The van der Waals surface area contributed by atoms with Crippen LogP contribution < -0.4 is 9.47 Å². The fourth-order valence-corrected chi connectivity index (χ4v) is 4.71. The molecule has 0 aromatic heterocycles. The minimum atomic E-state index is -0.420. The molecule has 0 spiro atoms. The van der Waals surface area contributed by atoms with Crippen LogP contribution in [0.3, 0.4) is 0 Å². The van der Waals surface area contributed by atoms with Crippen LogP contribution in [0.5, 0.6) is 17.2 Å². The summed E-state index contributed by atoms with van der Waals surface area (Å²) in [6, 6.07) is 20.3. The van der Waals surface area contributed by atoms with Gasteiger partial charge in [-0.1, -0.05) is 107 Å². The highest BCUT2D eigenvalue weighted by Gasteiger charge is 2.27. The average molecular weight is 571 g/mol. The molecular formula is C39H54O3. The van der Waals surface area contributed by atoms with E-state index in [0.29, 0.717) is 17.1 Å². The fraction of sp³-hybridized carbons (Fsp3) is 0.513. The second kappa shape index (κ2) is 12.7. The standard InChI is InChI=1S/C39H54O3/c1-13-36(5,6)27-21-28(37(7,8)14-2)24-31(23-27)41-34-20-18-17-19-33(34)35(40)42-32-25-29(38(9,10)15-3)22-30(26-32)39(11,12)16-4/h17-26H,13-16H2,1-12H3. The molecule has 0 radical (unpaired) electrons. The SMILES string of the molecule is CCC(C)(C)c1cc(OC(=O)c2ccccc2Oc2cc(C(C)(C)CC)cc(C(C)(C)CC)c2)cc(C(C)(C)CC)c1. The van der Waals surface area contributed by atoms with Crippen LogP contribution >= 0.6 is 0 Å². The van der Waals surface area contributed by atoms with Gasteiger partial charge in [-0.15, -0.1) is 0 Å². The van der Waals surface area contributed by atoms with Gasteiger partial charge in [0, 0.05) is 0 Å².